The molecule has 0 saturated carbocycles. The van der Waals surface area contributed by atoms with Gasteiger partial charge in [0.2, 0.25) is 11.8 Å². The number of nitrogens with one attached hydrogen (secondary N) is 1. The number of pyridine rings is 1. The summed E-state index contributed by atoms with van der Waals surface area (Å²) >= 11 is 7.66. The molecule has 2 heterocycles. The minimum absolute atomic E-state index is 0.0972. The van der Waals surface area contributed by atoms with Gasteiger partial charge in [0.1, 0.15) is 6.54 Å². The van der Waals surface area contributed by atoms with Crippen molar-refractivity contribution in [2.45, 2.75) is 11.4 Å². The van der Waals surface area contributed by atoms with E-state index in [1.807, 2.05) is 42.5 Å². The number of thioether (sulfide) groups is 1. The van der Waals surface area contributed by atoms with Gasteiger partial charge in [0.05, 0.1) is 23.7 Å². The van der Waals surface area contributed by atoms with Crippen molar-refractivity contribution in [1.82, 2.24) is 4.57 Å². The molecule has 0 bridgehead atoms. The van der Waals surface area contributed by atoms with Crippen molar-refractivity contribution >= 4 is 46.6 Å². The van der Waals surface area contributed by atoms with E-state index in [2.05, 4.69) is 5.32 Å². The molecular weight excluding hydrogens is 422 g/mol. The second kappa shape index (κ2) is 8.77. The second-order valence-electron chi connectivity index (χ2n) is 6.76. The topological polar surface area (TPSA) is 71.4 Å². The number of amides is 2. The van der Waals surface area contributed by atoms with E-state index in [0.717, 1.165) is 16.1 Å². The van der Waals surface area contributed by atoms with Gasteiger partial charge in [-0.3, -0.25) is 14.4 Å². The summed E-state index contributed by atoms with van der Waals surface area (Å²) in [5, 5.41) is 3.34. The van der Waals surface area contributed by atoms with Gasteiger partial charge in [-0.1, -0.05) is 41.9 Å². The lowest BCUT2D eigenvalue weighted by molar-refractivity contribution is -0.120. The van der Waals surface area contributed by atoms with Crippen molar-refractivity contribution in [1.29, 1.82) is 0 Å². The van der Waals surface area contributed by atoms with Crippen LogP contribution in [0.3, 0.4) is 0 Å². The molecule has 2 amide bonds. The van der Waals surface area contributed by atoms with Gasteiger partial charge in [-0.2, -0.15) is 0 Å². The number of anilines is 2. The first kappa shape index (κ1) is 20.3. The molecule has 0 spiro atoms. The molecule has 8 heteroatoms. The summed E-state index contributed by atoms with van der Waals surface area (Å²) in [4.78, 5) is 39.6. The Morgan fingerprint density at radius 1 is 1.03 bits per heavy atom. The number of aromatic nitrogens is 1. The fraction of sp³-hybridized carbons (Fsp3) is 0.136. The van der Waals surface area contributed by atoms with Gasteiger partial charge in [0.15, 0.2) is 0 Å². The van der Waals surface area contributed by atoms with Gasteiger partial charge in [0, 0.05) is 22.2 Å². The van der Waals surface area contributed by atoms with Crippen molar-refractivity contribution in [3.8, 4) is 0 Å². The molecular formula is C22H18ClN3O3S. The third kappa shape index (κ3) is 4.42. The number of fused-ring (bicyclic) bond motifs is 1. The molecule has 0 unspecified atom stereocenters. The van der Waals surface area contributed by atoms with Crippen LogP contribution in [0, 0.1) is 0 Å². The average molecular weight is 440 g/mol. The number of carbonyl (C=O) groups is 2. The minimum Gasteiger partial charge on any atom is -0.323 e. The Bertz CT molecular complexity index is 1180. The standard InChI is InChI=1S/C22H18ClN3O3S/c23-17-6-2-1-5-15(17)11-25-12-16(9-10-21(25)28)24-20(27)13-26-18-7-3-4-8-19(18)30-14-22(26)29/h1-10,12H,11,13-14H2,(H,24,27). The maximum absolute atomic E-state index is 12.6. The largest absolute Gasteiger partial charge is 0.323 e. The zero-order valence-electron chi connectivity index (χ0n) is 15.9. The molecule has 3 aromatic rings. The fourth-order valence-electron chi connectivity index (χ4n) is 3.21. The van der Waals surface area contributed by atoms with Gasteiger partial charge in [-0.25, -0.2) is 0 Å². The molecule has 1 aliphatic rings. The highest BCUT2D eigenvalue weighted by atomic mass is 35.5. The van der Waals surface area contributed by atoms with Gasteiger partial charge >= 0.3 is 0 Å². The van der Waals surface area contributed by atoms with Crippen molar-refractivity contribution in [3.63, 3.8) is 0 Å². The molecule has 4 rings (SSSR count). The molecule has 30 heavy (non-hydrogen) atoms. The van der Waals surface area contributed by atoms with Crippen molar-refractivity contribution in [2.75, 3.05) is 22.5 Å². The molecule has 0 radical (unpaired) electrons. The maximum Gasteiger partial charge on any atom is 0.250 e. The molecule has 2 aromatic carbocycles. The Hall–Kier alpha value is -3.03. The number of hydrogen-bond donors (Lipinski definition) is 1. The van der Waals surface area contributed by atoms with Crippen LogP contribution in [0.15, 0.2) is 76.6 Å². The zero-order valence-corrected chi connectivity index (χ0v) is 17.4. The summed E-state index contributed by atoms with van der Waals surface area (Å²) in [5.41, 5.74) is 1.80. The first-order valence-electron chi connectivity index (χ1n) is 9.27. The van der Waals surface area contributed by atoms with E-state index < -0.39 is 0 Å². The summed E-state index contributed by atoms with van der Waals surface area (Å²) in [5.74, 6) is -0.155. The van der Waals surface area contributed by atoms with Crippen LogP contribution >= 0.6 is 23.4 Å². The van der Waals surface area contributed by atoms with Gasteiger partial charge in [-0.15, -0.1) is 11.8 Å². The van der Waals surface area contributed by atoms with Crippen LogP contribution in [0.5, 0.6) is 0 Å². The van der Waals surface area contributed by atoms with Crippen LogP contribution in [0.1, 0.15) is 5.56 Å². The Balaban J connectivity index is 1.50. The van der Waals surface area contributed by atoms with E-state index in [-0.39, 0.29) is 30.5 Å². The lowest BCUT2D eigenvalue weighted by Crippen LogP contribution is -2.41. The number of rotatable bonds is 5. The maximum atomic E-state index is 12.6. The summed E-state index contributed by atoms with van der Waals surface area (Å²) < 4.78 is 1.48. The highest BCUT2D eigenvalue weighted by Gasteiger charge is 2.26. The van der Waals surface area contributed by atoms with E-state index in [4.69, 9.17) is 11.6 Å². The predicted molar refractivity (Wildman–Crippen MR) is 119 cm³/mol. The van der Waals surface area contributed by atoms with Crippen LogP contribution in [-0.2, 0) is 16.1 Å². The number of benzene rings is 2. The summed E-state index contributed by atoms with van der Waals surface area (Å²) in [6.07, 6.45) is 1.57. The van der Waals surface area contributed by atoms with E-state index in [0.29, 0.717) is 16.5 Å². The highest BCUT2D eigenvalue weighted by Crippen LogP contribution is 2.34. The van der Waals surface area contributed by atoms with Gasteiger partial charge in [0.25, 0.3) is 5.56 Å². The summed E-state index contributed by atoms with van der Waals surface area (Å²) in [6, 6.07) is 17.7. The quantitative estimate of drug-likeness (QED) is 0.659. The first-order valence-corrected chi connectivity index (χ1v) is 10.6. The van der Waals surface area contributed by atoms with Gasteiger partial charge < -0.3 is 14.8 Å². The Morgan fingerprint density at radius 2 is 1.80 bits per heavy atom. The van der Waals surface area contributed by atoms with E-state index >= 15 is 0 Å². The van der Waals surface area contributed by atoms with Crippen LogP contribution in [0.2, 0.25) is 5.02 Å². The monoisotopic (exact) mass is 439 g/mol. The first-order chi connectivity index (χ1) is 14.5. The van der Waals surface area contributed by atoms with E-state index in [1.54, 1.807) is 18.3 Å². The fourth-order valence-corrected chi connectivity index (χ4v) is 4.34. The van der Waals surface area contributed by atoms with Crippen LogP contribution in [0.4, 0.5) is 11.4 Å². The Morgan fingerprint density at radius 3 is 2.63 bits per heavy atom. The molecule has 1 aliphatic heterocycles. The molecule has 0 atom stereocenters. The van der Waals surface area contributed by atoms with Crippen LogP contribution < -0.4 is 15.8 Å². The number of nitrogens with zero attached hydrogens (tertiary/aromatic N) is 2. The van der Waals surface area contributed by atoms with Gasteiger partial charge in [-0.05, 0) is 29.8 Å². The van der Waals surface area contributed by atoms with E-state index in [9.17, 15) is 14.4 Å². The molecule has 152 valence electrons. The van der Waals surface area contributed by atoms with Crippen molar-refractivity contribution < 1.29 is 9.59 Å². The molecule has 6 nitrogen and oxygen atoms in total. The Kier molecular flexibility index (Phi) is 5.92. The van der Waals surface area contributed by atoms with Crippen molar-refractivity contribution in [2.24, 2.45) is 0 Å². The van der Waals surface area contributed by atoms with E-state index in [1.165, 1.54) is 27.3 Å². The second-order valence-corrected chi connectivity index (χ2v) is 8.18. The summed E-state index contributed by atoms with van der Waals surface area (Å²) in [7, 11) is 0. The lowest BCUT2D eigenvalue weighted by atomic mass is 10.2. The normalized spacial score (nSPS) is 13.1. The SMILES string of the molecule is O=C(CN1C(=O)CSc2ccccc21)Nc1ccc(=O)n(Cc2ccccc2Cl)c1. The van der Waals surface area contributed by atoms with Crippen molar-refractivity contribution in [3.05, 3.63) is 87.8 Å². The third-order valence-corrected chi connectivity index (χ3v) is 6.09. The third-order valence-electron chi connectivity index (χ3n) is 4.68. The molecule has 0 saturated heterocycles. The number of para-hydroxylation sites is 1. The molecule has 0 aliphatic carbocycles. The molecule has 1 aromatic heterocycles. The number of hydrogen-bond acceptors (Lipinski definition) is 4. The number of carbonyl (C=O) groups excluding carboxylic acids is 2. The van der Waals surface area contributed by atoms with Crippen LogP contribution in [0.25, 0.3) is 0 Å². The average Bonchev–Trinajstić information content (AvgIpc) is 2.74. The molecule has 0 fully saturated rings. The zero-order chi connectivity index (χ0) is 21.1. The predicted octanol–water partition coefficient (Wildman–Crippen LogP) is 3.63. The summed E-state index contributed by atoms with van der Waals surface area (Å²) in [6.45, 7) is 0.192. The highest BCUT2D eigenvalue weighted by molar-refractivity contribution is 8.00. The van der Waals surface area contributed by atoms with Crippen LogP contribution in [-0.4, -0.2) is 28.7 Å². The molecule has 1 N–H and O–H groups in total. The number of halogens is 1. The minimum atomic E-state index is -0.340. The Labute approximate surface area is 182 Å². The smallest absolute Gasteiger partial charge is 0.250 e. The lowest BCUT2D eigenvalue weighted by Gasteiger charge is -2.28.